The molecular weight excluding hydrogens is 330 g/mol. The van der Waals surface area contributed by atoms with Crippen LogP contribution >= 0.6 is 11.8 Å². The zero-order valence-electron chi connectivity index (χ0n) is 16.0. The maximum atomic E-state index is 4.66. The van der Waals surface area contributed by atoms with Crippen molar-refractivity contribution in [3.8, 4) is 0 Å². The Kier molecular flexibility index (Phi) is 10.0. The molecule has 0 unspecified atom stereocenters. The molecule has 0 saturated heterocycles. The zero-order valence-corrected chi connectivity index (χ0v) is 16.8. The first-order valence-electron chi connectivity index (χ1n) is 10.2. The second kappa shape index (κ2) is 12.3. The summed E-state index contributed by atoms with van der Waals surface area (Å²) >= 11 is 1.75. The molecule has 1 fully saturated rings. The number of aromatic nitrogens is 3. The molecule has 1 aromatic heterocycles. The first-order valence-corrected chi connectivity index (χ1v) is 11.2. The van der Waals surface area contributed by atoms with E-state index < -0.39 is 0 Å². The van der Waals surface area contributed by atoms with Gasteiger partial charge in [0, 0.05) is 18.3 Å². The van der Waals surface area contributed by atoms with E-state index in [2.05, 4.69) is 39.4 Å². The van der Waals surface area contributed by atoms with Gasteiger partial charge >= 0.3 is 0 Å². The molecule has 1 saturated carbocycles. The number of hydrogen-bond acceptors (Lipinski definition) is 6. The second-order valence-electron chi connectivity index (χ2n) is 6.93. The minimum absolute atomic E-state index is 0.516. The summed E-state index contributed by atoms with van der Waals surface area (Å²) in [5.41, 5.74) is 0. The molecular formula is C19H35N5S. The summed E-state index contributed by atoms with van der Waals surface area (Å²) in [6.45, 7) is 5.39. The van der Waals surface area contributed by atoms with Crippen molar-refractivity contribution in [3.63, 3.8) is 0 Å². The van der Waals surface area contributed by atoms with Gasteiger partial charge in [-0.3, -0.25) is 0 Å². The maximum Gasteiger partial charge on any atom is 0.228 e. The van der Waals surface area contributed by atoms with Gasteiger partial charge in [-0.2, -0.15) is 15.0 Å². The van der Waals surface area contributed by atoms with Crippen LogP contribution in [-0.4, -0.2) is 33.3 Å². The number of anilines is 2. The lowest BCUT2D eigenvalue weighted by atomic mass is 9.96. The van der Waals surface area contributed by atoms with E-state index in [1.807, 2.05) is 0 Å². The van der Waals surface area contributed by atoms with E-state index in [-0.39, 0.29) is 0 Å². The van der Waals surface area contributed by atoms with Crippen molar-refractivity contribution in [1.82, 2.24) is 15.0 Å². The summed E-state index contributed by atoms with van der Waals surface area (Å²) in [5, 5.41) is 7.78. The van der Waals surface area contributed by atoms with Crippen LogP contribution in [0.15, 0.2) is 5.16 Å². The molecule has 6 heteroatoms. The van der Waals surface area contributed by atoms with Crippen LogP contribution in [0.25, 0.3) is 0 Å². The Bertz CT molecular complexity index is 447. The molecule has 0 aromatic carbocycles. The van der Waals surface area contributed by atoms with Crippen LogP contribution in [0.4, 0.5) is 11.9 Å². The highest BCUT2D eigenvalue weighted by atomic mass is 32.2. The van der Waals surface area contributed by atoms with Crippen molar-refractivity contribution in [2.75, 3.05) is 22.9 Å². The molecule has 0 spiro atoms. The second-order valence-corrected chi connectivity index (χ2v) is 8.00. The van der Waals surface area contributed by atoms with Gasteiger partial charge in [0.25, 0.3) is 0 Å². The molecule has 0 amide bonds. The fourth-order valence-corrected chi connectivity index (χ4v) is 3.92. The third-order valence-electron chi connectivity index (χ3n) is 4.60. The largest absolute Gasteiger partial charge is 0.354 e. The summed E-state index contributed by atoms with van der Waals surface area (Å²) in [6, 6.07) is 0.516. The number of unbranched alkanes of at least 4 members (excludes halogenated alkanes) is 4. The highest BCUT2D eigenvalue weighted by Crippen LogP contribution is 2.23. The summed E-state index contributed by atoms with van der Waals surface area (Å²) < 4.78 is 0. The molecule has 1 aromatic rings. The molecule has 1 aliphatic carbocycles. The van der Waals surface area contributed by atoms with E-state index in [9.17, 15) is 0 Å². The van der Waals surface area contributed by atoms with Gasteiger partial charge in [0.2, 0.25) is 11.9 Å². The van der Waals surface area contributed by atoms with Gasteiger partial charge in [-0.05, 0) is 25.7 Å². The normalized spacial score (nSPS) is 15.3. The van der Waals surface area contributed by atoms with Crippen molar-refractivity contribution < 1.29 is 0 Å². The van der Waals surface area contributed by atoms with E-state index >= 15 is 0 Å². The predicted molar refractivity (Wildman–Crippen MR) is 109 cm³/mol. The fourth-order valence-electron chi connectivity index (χ4n) is 3.08. The standard InChI is InChI=1S/C19H35N5S/c1-3-5-10-14-20-17-22-18(21-16-12-8-7-9-13-16)24-19(23-17)25-15-11-6-4-2/h16H,3-15H2,1-2H3,(H2,20,21,22,23,24). The predicted octanol–water partition coefficient (Wildman–Crippen LogP) is 5.50. The zero-order chi connectivity index (χ0) is 17.7. The van der Waals surface area contributed by atoms with E-state index in [0.717, 1.165) is 35.8 Å². The van der Waals surface area contributed by atoms with Crippen molar-refractivity contribution in [3.05, 3.63) is 0 Å². The van der Waals surface area contributed by atoms with Crippen LogP contribution in [0, 0.1) is 0 Å². The van der Waals surface area contributed by atoms with Gasteiger partial charge in [0.1, 0.15) is 0 Å². The van der Waals surface area contributed by atoms with E-state index in [0.29, 0.717) is 6.04 Å². The molecule has 0 aliphatic heterocycles. The highest BCUT2D eigenvalue weighted by Gasteiger charge is 2.15. The minimum atomic E-state index is 0.516. The molecule has 2 N–H and O–H groups in total. The van der Waals surface area contributed by atoms with Crippen LogP contribution in [0.2, 0.25) is 0 Å². The van der Waals surface area contributed by atoms with Crippen molar-refractivity contribution in [2.45, 2.75) is 95.7 Å². The first-order chi connectivity index (χ1) is 12.3. The topological polar surface area (TPSA) is 62.7 Å². The van der Waals surface area contributed by atoms with E-state index in [1.54, 1.807) is 11.8 Å². The SMILES string of the molecule is CCCCCNc1nc(NC2CCCCC2)nc(SCCCCC)n1. The maximum absolute atomic E-state index is 4.66. The van der Waals surface area contributed by atoms with Crippen LogP contribution < -0.4 is 10.6 Å². The minimum Gasteiger partial charge on any atom is -0.354 e. The van der Waals surface area contributed by atoms with Crippen LogP contribution in [0.3, 0.4) is 0 Å². The summed E-state index contributed by atoms with van der Waals surface area (Å²) in [4.78, 5) is 13.9. The molecule has 25 heavy (non-hydrogen) atoms. The summed E-state index contributed by atoms with van der Waals surface area (Å²) in [6.07, 6.45) is 13.8. The van der Waals surface area contributed by atoms with Crippen molar-refractivity contribution in [1.29, 1.82) is 0 Å². The monoisotopic (exact) mass is 365 g/mol. The Balaban J connectivity index is 1.96. The Morgan fingerprint density at radius 3 is 2.36 bits per heavy atom. The first kappa shape index (κ1) is 20.3. The number of nitrogens with zero attached hydrogens (tertiary/aromatic N) is 3. The molecule has 0 bridgehead atoms. The van der Waals surface area contributed by atoms with E-state index in [1.165, 1.54) is 64.2 Å². The Labute approximate surface area is 157 Å². The lowest BCUT2D eigenvalue weighted by molar-refractivity contribution is 0.460. The third-order valence-corrected chi connectivity index (χ3v) is 5.53. The summed E-state index contributed by atoms with van der Waals surface area (Å²) in [7, 11) is 0. The number of thioether (sulfide) groups is 1. The number of nitrogens with one attached hydrogen (secondary N) is 2. The molecule has 142 valence electrons. The number of hydrogen-bond donors (Lipinski definition) is 2. The fraction of sp³-hybridized carbons (Fsp3) is 0.842. The lowest BCUT2D eigenvalue weighted by Gasteiger charge is -2.23. The summed E-state index contributed by atoms with van der Waals surface area (Å²) in [5.74, 6) is 2.55. The highest BCUT2D eigenvalue weighted by molar-refractivity contribution is 7.99. The average Bonchev–Trinajstić information content (AvgIpc) is 2.63. The van der Waals surface area contributed by atoms with Gasteiger partial charge in [-0.25, -0.2) is 0 Å². The van der Waals surface area contributed by atoms with Crippen LogP contribution in [0.5, 0.6) is 0 Å². The quantitative estimate of drug-likeness (QED) is 0.377. The molecule has 0 atom stereocenters. The Morgan fingerprint density at radius 1 is 0.880 bits per heavy atom. The molecule has 2 rings (SSSR count). The molecule has 0 radical (unpaired) electrons. The Hall–Kier alpha value is -1.04. The van der Waals surface area contributed by atoms with Gasteiger partial charge in [0.15, 0.2) is 5.16 Å². The third kappa shape index (κ3) is 8.25. The smallest absolute Gasteiger partial charge is 0.228 e. The van der Waals surface area contributed by atoms with Crippen LogP contribution in [-0.2, 0) is 0 Å². The van der Waals surface area contributed by atoms with Gasteiger partial charge < -0.3 is 10.6 Å². The Morgan fingerprint density at radius 2 is 1.60 bits per heavy atom. The molecule has 1 heterocycles. The van der Waals surface area contributed by atoms with Gasteiger partial charge in [-0.1, -0.05) is 70.6 Å². The van der Waals surface area contributed by atoms with Crippen LogP contribution in [0.1, 0.15) is 84.5 Å². The van der Waals surface area contributed by atoms with Crippen molar-refractivity contribution >= 4 is 23.7 Å². The molecule has 1 aliphatic rings. The van der Waals surface area contributed by atoms with Gasteiger partial charge in [-0.15, -0.1) is 0 Å². The number of rotatable bonds is 12. The van der Waals surface area contributed by atoms with E-state index in [4.69, 9.17) is 0 Å². The molecule has 5 nitrogen and oxygen atoms in total. The average molecular weight is 366 g/mol. The van der Waals surface area contributed by atoms with Gasteiger partial charge in [0.05, 0.1) is 0 Å². The van der Waals surface area contributed by atoms with Crippen molar-refractivity contribution in [2.24, 2.45) is 0 Å². The lowest BCUT2D eigenvalue weighted by Crippen LogP contribution is -2.24.